The Balaban J connectivity index is 1.54. The maximum Gasteiger partial charge on any atom is 0.311 e. The summed E-state index contributed by atoms with van der Waals surface area (Å²) in [5.41, 5.74) is 2.99. The van der Waals surface area contributed by atoms with Gasteiger partial charge in [-0.05, 0) is 43.2 Å². The van der Waals surface area contributed by atoms with E-state index < -0.39 is 29.3 Å². The number of rotatable bonds is 6. The maximum atomic E-state index is 12.3. The first-order valence-corrected chi connectivity index (χ1v) is 9.34. The lowest BCUT2D eigenvalue weighted by molar-refractivity contribution is -0.384. The number of benzene rings is 2. The van der Waals surface area contributed by atoms with Gasteiger partial charge in [-0.1, -0.05) is 12.1 Å². The number of carbonyl (C=O) groups excluding carboxylic acids is 3. The summed E-state index contributed by atoms with van der Waals surface area (Å²) in [6.07, 6.45) is -0.0472. The Morgan fingerprint density at radius 3 is 2.57 bits per heavy atom. The van der Waals surface area contributed by atoms with Crippen LogP contribution in [0.1, 0.15) is 17.5 Å². The molecular weight excluding hydrogens is 390 g/mol. The Morgan fingerprint density at radius 1 is 1.20 bits per heavy atom. The number of nitro groups is 1. The van der Waals surface area contributed by atoms with Crippen molar-refractivity contribution in [2.24, 2.45) is 5.92 Å². The van der Waals surface area contributed by atoms with Crippen molar-refractivity contribution in [1.82, 2.24) is 0 Å². The molecule has 9 heteroatoms. The highest BCUT2D eigenvalue weighted by Crippen LogP contribution is 2.27. The SMILES string of the molecule is Cc1cccc(NC(=O)COC(=O)[C@@H]2CC(=O)N(c3ccc([N+](=O)[O-])cc3)C2)c1C. The number of nitrogens with one attached hydrogen (secondary N) is 1. The molecule has 0 aromatic heterocycles. The molecule has 1 fully saturated rings. The molecule has 30 heavy (non-hydrogen) atoms. The van der Waals surface area contributed by atoms with E-state index in [1.165, 1.54) is 29.2 Å². The van der Waals surface area contributed by atoms with E-state index in [1.807, 2.05) is 26.0 Å². The maximum absolute atomic E-state index is 12.3. The number of esters is 1. The standard InChI is InChI=1S/C21H21N3O6/c1-13-4-3-5-18(14(13)2)22-19(25)12-30-21(27)15-10-20(26)23(11-15)16-6-8-17(9-7-16)24(28)29/h3-9,15H,10-12H2,1-2H3,(H,22,25)/t15-/m1/s1. The predicted molar refractivity (Wildman–Crippen MR) is 109 cm³/mol. The van der Waals surface area contributed by atoms with Crippen LogP contribution in [0.25, 0.3) is 0 Å². The van der Waals surface area contributed by atoms with Crippen molar-refractivity contribution in [3.8, 4) is 0 Å². The van der Waals surface area contributed by atoms with E-state index in [1.54, 1.807) is 6.07 Å². The Kier molecular flexibility index (Phi) is 6.10. The van der Waals surface area contributed by atoms with E-state index in [0.29, 0.717) is 11.4 Å². The van der Waals surface area contributed by atoms with Gasteiger partial charge in [0.1, 0.15) is 0 Å². The van der Waals surface area contributed by atoms with E-state index in [-0.39, 0.29) is 24.6 Å². The summed E-state index contributed by atoms with van der Waals surface area (Å²) in [7, 11) is 0. The Bertz CT molecular complexity index is 1000. The first-order valence-electron chi connectivity index (χ1n) is 9.34. The van der Waals surface area contributed by atoms with Crippen LogP contribution in [0.3, 0.4) is 0 Å². The van der Waals surface area contributed by atoms with Crippen LogP contribution in [0.4, 0.5) is 17.1 Å². The number of amides is 2. The topological polar surface area (TPSA) is 119 Å². The molecule has 1 aliphatic rings. The van der Waals surface area contributed by atoms with Crippen molar-refractivity contribution in [1.29, 1.82) is 0 Å². The number of nitro benzene ring substituents is 1. The summed E-state index contributed by atoms with van der Waals surface area (Å²) in [5, 5.41) is 13.5. The van der Waals surface area contributed by atoms with Gasteiger partial charge in [-0.25, -0.2) is 0 Å². The fourth-order valence-corrected chi connectivity index (χ4v) is 3.20. The molecule has 1 saturated heterocycles. The van der Waals surface area contributed by atoms with Crippen LogP contribution in [0.5, 0.6) is 0 Å². The minimum absolute atomic E-state index is 0.0472. The summed E-state index contributed by atoms with van der Waals surface area (Å²) in [6, 6.07) is 11.0. The molecule has 0 unspecified atom stereocenters. The first-order chi connectivity index (χ1) is 14.3. The number of anilines is 2. The quantitative estimate of drug-likeness (QED) is 0.443. The Labute approximate surface area is 172 Å². The summed E-state index contributed by atoms with van der Waals surface area (Å²) in [6.45, 7) is 3.45. The second-order valence-corrected chi connectivity index (χ2v) is 7.08. The molecule has 2 aromatic rings. The monoisotopic (exact) mass is 411 g/mol. The first kappa shape index (κ1) is 21.0. The van der Waals surface area contributed by atoms with Gasteiger partial charge in [-0.3, -0.25) is 24.5 Å². The summed E-state index contributed by atoms with van der Waals surface area (Å²) >= 11 is 0. The third-order valence-electron chi connectivity index (χ3n) is 5.05. The largest absolute Gasteiger partial charge is 0.455 e. The summed E-state index contributed by atoms with van der Waals surface area (Å²) < 4.78 is 5.09. The van der Waals surface area contributed by atoms with Crippen LogP contribution in [-0.4, -0.2) is 35.9 Å². The molecule has 0 aliphatic carbocycles. The molecule has 1 atom stereocenters. The molecule has 0 radical (unpaired) electrons. The average Bonchev–Trinajstić information content (AvgIpc) is 3.11. The normalized spacial score (nSPS) is 15.7. The zero-order chi connectivity index (χ0) is 21.8. The number of nitrogens with zero attached hydrogens (tertiary/aromatic N) is 2. The van der Waals surface area contributed by atoms with Crippen molar-refractivity contribution in [2.75, 3.05) is 23.4 Å². The lowest BCUT2D eigenvalue weighted by Gasteiger charge is -2.16. The van der Waals surface area contributed by atoms with Crippen LogP contribution in [0.15, 0.2) is 42.5 Å². The van der Waals surface area contributed by atoms with Gasteiger partial charge < -0.3 is 15.0 Å². The second-order valence-electron chi connectivity index (χ2n) is 7.08. The van der Waals surface area contributed by atoms with Gasteiger partial charge in [-0.15, -0.1) is 0 Å². The van der Waals surface area contributed by atoms with E-state index >= 15 is 0 Å². The number of hydrogen-bond acceptors (Lipinski definition) is 6. The van der Waals surface area contributed by atoms with Gasteiger partial charge in [0.15, 0.2) is 6.61 Å². The molecule has 9 nitrogen and oxygen atoms in total. The molecule has 0 saturated carbocycles. The molecule has 156 valence electrons. The third-order valence-corrected chi connectivity index (χ3v) is 5.05. The third kappa shape index (κ3) is 4.62. The molecule has 2 aromatic carbocycles. The summed E-state index contributed by atoms with van der Waals surface area (Å²) in [5.74, 6) is -2.09. The van der Waals surface area contributed by atoms with Crippen LogP contribution >= 0.6 is 0 Å². The van der Waals surface area contributed by atoms with Gasteiger partial charge in [0, 0.05) is 36.5 Å². The lowest BCUT2D eigenvalue weighted by Crippen LogP contribution is -2.28. The molecule has 2 amide bonds. The molecule has 3 rings (SSSR count). The summed E-state index contributed by atoms with van der Waals surface area (Å²) in [4.78, 5) is 48.3. The predicted octanol–water partition coefficient (Wildman–Crippen LogP) is 2.75. The zero-order valence-electron chi connectivity index (χ0n) is 16.6. The molecule has 1 N–H and O–H groups in total. The Hall–Kier alpha value is -3.75. The van der Waals surface area contributed by atoms with Crippen LogP contribution < -0.4 is 10.2 Å². The zero-order valence-corrected chi connectivity index (χ0v) is 16.6. The van der Waals surface area contributed by atoms with Crippen molar-refractivity contribution in [3.05, 3.63) is 63.7 Å². The van der Waals surface area contributed by atoms with Gasteiger partial charge in [0.2, 0.25) is 5.91 Å². The second kappa shape index (κ2) is 8.73. The highest BCUT2D eigenvalue weighted by atomic mass is 16.6. The minimum Gasteiger partial charge on any atom is -0.455 e. The smallest absolute Gasteiger partial charge is 0.311 e. The van der Waals surface area contributed by atoms with E-state index in [9.17, 15) is 24.5 Å². The highest BCUT2D eigenvalue weighted by Gasteiger charge is 2.36. The van der Waals surface area contributed by atoms with Crippen molar-refractivity contribution in [2.45, 2.75) is 20.3 Å². The number of non-ortho nitro benzene ring substituents is 1. The number of carbonyl (C=O) groups is 3. The van der Waals surface area contributed by atoms with E-state index in [2.05, 4.69) is 5.32 Å². The fourth-order valence-electron chi connectivity index (χ4n) is 3.20. The number of ether oxygens (including phenoxy) is 1. The average molecular weight is 411 g/mol. The molecule has 1 aliphatic heterocycles. The molecule has 0 bridgehead atoms. The van der Waals surface area contributed by atoms with Gasteiger partial charge in [0.25, 0.3) is 11.6 Å². The van der Waals surface area contributed by atoms with Crippen molar-refractivity contribution in [3.63, 3.8) is 0 Å². The highest BCUT2D eigenvalue weighted by molar-refractivity contribution is 6.00. The lowest BCUT2D eigenvalue weighted by atomic mass is 10.1. The van der Waals surface area contributed by atoms with Crippen LogP contribution in [0.2, 0.25) is 0 Å². The van der Waals surface area contributed by atoms with Gasteiger partial charge >= 0.3 is 5.97 Å². The number of aryl methyl sites for hydroxylation is 1. The Morgan fingerprint density at radius 2 is 1.90 bits per heavy atom. The molecular formula is C21H21N3O6. The minimum atomic E-state index is -0.707. The van der Waals surface area contributed by atoms with Crippen LogP contribution in [-0.2, 0) is 19.1 Å². The van der Waals surface area contributed by atoms with Crippen molar-refractivity contribution >= 4 is 34.8 Å². The van der Waals surface area contributed by atoms with Gasteiger partial charge in [-0.2, -0.15) is 0 Å². The van der Waals surface area contributed by atoms with Gasteiger partial charge in [0.05, 0.1) is 10.8 Å². The fraction of sp³-hybridized carbons (Fsp3) is 0.286. The van der Waals surface area contributed by atoms with E-state index in [0.717, 1.165) is 11.1 Å². The molecule has 1 heterocycles. The van der Waals surface area contributed by atoms with Crippen LogP contribution in [0, 0.1) is 29.9 Å². The molecule has 0 spiro atoms. The van der Waals surface area contributed by atoms with Crippen molar-refractivity contribution < 1.29 is 24.0 Å². The number of hydrogen-bond donors (Lipinski definition) is 1. The van der Waals surface area contributed by atoms with E-state index in [4.69, 9.17) is 4.74 Å².